The summed E-state index contributed by atoms with van der Waals surface area (Å²) in [6, 6.07) is 6.84. The molecule has 0 saturated carbocycles. The molecule has 0 bridgehead atoms. The molecule has 0 atom stereocenters. The third-order valence-electron chi connectivity index (χ3n) is 5.30. The molecule has 0 unspecified atom stereocenters. The van der Waals surface area contributed by atoms with Gasteiger partial charge in [0.2, 0.25) is 15.9 Å². The van der Waals surface area contributed by atoms with Gasteiger partial charge in [0.15, 0.2) is 0 Å². The molecule has 1 aromatic carbocycles. The number of rotatable bonds is 4. The Balaban J connectivity index is 1.63. The summed E-state index contributed by atoms with van der Waals surface area (Å²) in [7, 11) is -1.33. The molecule has 0 radical (unpaired) electrons. The van der Waals surface area contributed by atoms with Gasteiger partial charge in [-0.3, -0.25) is 4.79 Å². The van der Waals surface area contributed by atoms with E-state index in [-0.39, 0.29) is 5.91 Å². The summed E-state index contributed by atoms with van der Waals surface area (Å²) >= 11 is 0. The first-order valence-electron chi connectivity index (χ1n) is 9.52. The molecule has 0 aliphatic carbocycles. The van der Waals surface area contributed by atoms with E-state index in [0.29, 0.717) is 24.4 Å². The smallest absolute Gasteiger partial charge is 0.243 e. The van der Waals surface area contributed by atoms with Gasteiger partial charge >= 0.3 is 0 Å². The minimum atomic E-state index is -3.41. The molecule has 6 nitrogen and oxygen atoms in total. The van der Waals surface area contributed by atoms with E-state index in [2.05, 4.69) is 11.9 Å². The van der Waals surface area contributed by atoms with E-state index in [9.17, 15) is 13.2 Å². The summed E-state index contributed by atoms with van der Waals surface area (Å²) in [6.07, 6.45) is 4.27. The first kappa shape index (κ1) is 19.3. The average molecular weight is 380 g/mol. The molecule has 2 fully saturated rings. The van der Waals surface area contributed by atoms with Gasteiger partial charge in [-0.05, 0) is 50.6 Å². The number of amides is 1. The van der Waals surface area contributed by atoms with E-state index in [1.807, 2.05) is 4.90 Å². The summed E-state index contributed by atoms with van der Waals surface area (Å²) in [5, 5.41) is 0. The molecule has 7 heteroatoms. The summed E-state index contributed by atoms with van der Waals surface area (Å²) < 4.78 is 26.9. The second-order valence-corrected chi connectivity index (χ2v) is 9.26. The van der Waals surface area contributed by atoms with E-state index in [1.54, 1.807) is 28.6 Å². The summed E-state index contributed by atoms with van der Waals surface area (Å²) in [4.78, 5) is 17.0. The van der Waals surface area contributed by atoms with Crippen molar-refractivity contribution in [2.45, 2.75) is 37.0 Å². The second kappa shape index (κ2) is 8.50. The highest BCUT2D eigenvalue weighted by atomic mass is 32.2. The van der Waals surface area contributed by atoms with Crippen LogP contribution in [0.3, 0.4) is 0 Å². The van der Waals surface area contributed by atoms with Crippen molar-refractivity contribution in [3.8, 4) is 0 Å². The average Bonchev–Trinajstić information content (AvgIpc) is 2.87. The molecule has 0 N–H and O–H groups in total. The molecule has 2 saturated heterocycles. The number of carbonyl (C=O) groups is 1. The molecule has 1 aromatic rings. The van der Waals surface area contributed by atoms with E-state index >= 15 is 0 Å². The number of sulfonamides is 1. The quantitative estimate of drug-likeness (QED) is 0.797. The van der Waals surface area contributed by atoms with Crippen LogP contribution in [0, 0.1) is 0 Å². The fourth-order valence-corrected chi connectivity index (χ4v) is 5.13. The van der Waals surface area contributed by atoms with Crippen molar-refractivity contribution in [1.29, 1.82) is 0 Å². The molecule has 2 aliphatic heterocycles. The van der Waals surface area contributed by atoms with Crippen LogP contribution in [-0.4, -0.2) is 74.7 Å². The topological polar surface area (TPSA) is 60.9 Å². The lowest BCUT2D eigenvalue weighted by Gasteiger charge is -2.26. The van der Waals surface area contributed by atoms with E-state index < -0.39 is 10.0 Å². The summed E-state index contributed by atoms with van der Waals surface area (Å²) in [5.41, 5.74) is 0.866. The molecule has 0 aromatic heterocycles. The number of carbonyl (C=O) groups excluding carboxylic acids is 1. The molecule has 0 spiro atoms. The number of hydrogen-bond donors (Lipinski definition) is 0. The van der Waals surface area contributed by atoms with Crippen LogP contribution in [0.4, 0.5) is 0 Å². The van der Waals surface area contributed by atoms with Crippen molar-refractivity contribution >= 4 is 15.9 Å². The predicted octanol–water partition coefficient (Wildman–Crippen LogP) is 1.57. The van der Waals surface area contributed by atoms with Crippen molar-refractivity contribution in [1.82, 2.24) is 14.1 Å². The first-order valence-corrected chi connectivity index (χ1v) is 11.0. The largest absolute Gasteiger partial charge is 0.341 e. The lowest BCUT2D eigenvalue weighted by Crippen LogP contribution is -2.36. The monoisotopic (exact) mass is 379 g/mol. The second-order valence-electron chi connectivity index (χ2n) is 7.32. The van der Waals surface area contributed by atoms with Gasteiger partial charge in [0, 0.05) is 32.7 Å². The molecule has 3 rings (SSSR count). The molecule has 2 aliphatic rings. The van der Waals surface area contributed by atoms with Crippen LogP contribution in [0.15, 0.2) is 29.2 Å². The predicted molar refractivity (Wildman–Crippen MR) is 101 cm³/mol. The van der Waals surface area contributed by atoms with Gasteiger partial charge in [-0.2, -0.15) is 4.31 Å². The molecule has 144 valence electrons. The SMILES string of the molecule is CN1CCCN(C(=O)Cc2ccc(S(=O)(=O)N3CCCCC3)cc2)CC1. The van der Waals surface area contributed by atoms with Gasteiger partial charge in [0.05, 0.1) is 11.3 Å². The van der Waals surface area contributed by atoms with E-state index in [0.717, 1.165) is 57.4 Å². The highest BCUT2D eigenvalue weighted by molar-refractivity contribution is 7.89. The van der Waals surface area contributed by atoms with Crippen LogP contribution in [0.2, 0.25) is 0 Å². The Morgan fingerprint density at radius 2 is 1.58 bits per heavy atom. The number of likely N-dealkylation sites (N-methyl/N-ethyl adjacent to an activating group) is 1. The maximum absolute atomic E-state index is 12.7. The zero-order chi connectivity index (χ0) is 18.6. The maximum atomic E-state index is 12.7. The van der Waals surface area contributed by atoms with Crippen molar-refractivity contribution in [3.05, 3.63) is 29.8 Å². The standard InChI is InChI=1S/C19H29N3O3S/c1-20-10-5-11-21(15-14-20)19(23)16-17-6-8-18(9-7-17)26(24,25)22-12-3-2-4-13-22/h6-9H,2-5,10-16H2,1H3. The van der Waals surface area contributed by atoms with Gasteiger partial charge in [0.25, 0.3) is 0 Å². The fourth-order valence-electron chi connectivity index (χ4n) is 3.62. The van der Waals surface area contributed by atoms with Gasteiger partial charge in [-0.15, -0.1) is 0 Å². The van der Waals surface area contributed by atoms with E-state index in [1.165, 1.54) is 0 Å². The number of piperidine rings is 1. The first-order chi connectivity index (χ1) is 12.5. The molecule has 1 amide bonds. The van der Waals surface area contributed by atoms with Gasteiger partial charge in [-0.25, -0.2) is 8.42 Å². The molecular weight excluding hydrogens is 350 g/mol. The summed E-state index contributed by atoms with van der Waals surface area (Å²) in [6.45, 7) is 4.69. The van der Waals surface area contributed by atoms with Crippen molar-refractivity contribution < 1.29 is 13.2 Å². The Bertz CT molecular complexity index is 712. The van der Waals surface area contributed by atoms with Gasteiger partial charge in [0.1, 0.15) is 0 Å². The van der Waals surface area contributed by atoms with Crippen molar-refractivity contribution in [3.63, 3.8) is 0 Å². The Morgan fingerprint density at radius 1 is 0.885 bits per heavy atom. The lowest BCUT2D eigenvalue weighted by atomic mass is 10.1. The van der Waals surface area contributed by atoms with Crippen LogP contribution in [0.25, 0.3) is 0 Å². The minimum Gasteiger partial charge on any atom is -0.341 e. The Kier molecular flexibility index (Phi) is 6.32. The maximum Gasteiger partial charge on any atom is 0.243 e. The highest BCUT2D eigenvalue weighted by Crippen LogP contribution is 2.21. The Labute approximate surface area is 156 Å². The lowest BCUT2D eigenvalue weighted by molar-refractivity contribution is -0.130. The summed E-state index contributed by atoms with van der Waals surface area (Å²) in [5.74, 6) is 0.118. The van der Waals surface area contributed by atoms with Crippen LogP contribution < -0.4 is 0 Å². The Morgan fingerprint density at radius 3 is 2.27 bits per heavy atom. The van der Waals surface area contributed by atoms with Crippen molar-refractivity contribution in [2.24, 2.45) is 0 Å². The van der Waals surface area contributed by atoms with Crippen molar-refractivity contribution in [2.75, 3.05) is 46.3 Å². The molecule has 26 heavy (non-hydrogen) atoms. The zero-order valence-electron chi connectivity index (χ0n) is 15.6. The third kappa shape index (κ3) is 4.64. The van der Waals surface area contributed by atoms with Gasteiger partial charge < -0.3 is 9.80 Å². The number of benzene rings is 1. The fraction of sp³-hybridized carbons (Fsp3) is 0.632. The van der Waals surface area contributed by atoms with E-state index in [4.69, 9.17) is 0 Å². The highest BCUT2D eigenvalue weighted by Gasteiger charge is 2.26. The van der Waals surface area contributed by atoms with Crippen LogP contribution in [0.5, 0.6) is 0 Å². The van der Waals surface area contributed by atoms with Crippen LogP contribution in [-0.2, 0) is 21.2 Å². The Hall–Kier alpha value is -1.44. The number of nitrogens with zero attached hydrogens (tertiary/aromatic N) is 3. The van der Waals surface area contributed by atoms with Crippen LogP contribution in [0.1, 0.15) is 31.2 Å². The van der Waals surface area contributed by atoms with Gasteiger partial charge in [-0.1, -0.05) is 18.6 Å². The van der Waals surface area contributed by atoms with Crippen LogP contribution >= 0.6 is 0 Å². The molecule has 2 heterocycles. The number of hydrogen-bond acceptors (Lipinski definition) is 4. The minimum absolute atomic E-state index is 0.118. The normalized spacial score (nSPS) is 20.7. The zero-order valence-corrected chi connectivity index (χ0v) is 16.4. The molecular formula is C19H29N3O3S. The third-order valence-corrected chi connectivity index (χ3v) is 7.22.